The third-order valence-corrected chi connectivity index (χ3v) is 4.89. The van der Waals surface area contributed by atoms with E-state index in [0.29, 0.717) is 22.8 Å². The molecule has 1 aliphatic rings. The van der Waals surface area contributed by atoms with E-state index in [4.69, 9.17) is 11.6 Å². The van der Waals surface area contributed by atoms with Crippen molar-refractivity contribution in [2.75, 3.05) is 0 Å². The number of benzene rings is 2. The maximum absolute atomic E-state index is 13.1. The number of nitrogens with zero attached hydrogens (tertiary/aromatic N) is 4. The molecule has 0 radical (unpaired) electrons. The molecule has 5 rings (SSSR count). The van der Waals surface area contributed by atoms with Gasteiger partial charge in [0.2, 0.25) is 5.78 Å². The van der Waals surface area contributed by atoms with E-state index in [1.54, 1.807) is 35.1 Å². The van der Waals surface area contributed by atoms with Crippen LogP contribution in [0, 0.1) is 0 Å². The molecule has 1 aliphatic heterocycles. The smallest absolute Gasteiger partial charge is 0.211 e. The molecular formula is C20H13ClN4O. The van der Waals surface area contributed by atoms with Gasteiger partial charge in [0.25, 0.3) is 0 Å². The average Bonchev–Trinajstić information content (AvgIpc) is 3.22. The van der Waals surface area contributed by atoms with Gasteiger partial charge in [-0.25, -0.2) is 4.68 Å². The van der Waals surface area contributed by atoms with Crippen molar-refractivity contribution >= 4 is 40.1 Å². The second-order valence-electron chi connectivity index (χ2n) is 6.22. The van der Waals surface area contributed by atoms with Crippen LogP contribution in [0.4, 0.5) is 0 Å². The van der Waals surface area contributed by atoms with Crippen LogP contribution in [0.1, 0.15) is 21.7 Å². The van der Waals surface area contributed by atoms with E-state index >= 15 is 0 Å². The van der Waals surface area contributed by atoms with Crippen molar-refractivity contribution in [3.05, 3.63) is 82.8 Å². The van der Waals surface area contributed by atoms with E-state index in [0.717, 1.165) is 22.3 Å². The highest BCUT2D eigenvalue weighted by Gasteiger charge is 2.23. The number of aromatic nitrogens is 4. The minimum absolute atomic E-state index is 0.118. The molecule has 0 spiro atoms. The Morgan fingerprint density at radius 1 is 1.08 bits per heavy atom. The Bertz CT molecular complexity index is 1180. The van der Waals surface area contributed by atoms with Gasteiger partial charge in [0, 0.05) is 27.2 Å². The summed E-state index contributed by atoms with van der Waals surface area (Å²) in [5.41, 5.74) is 3.98. The monoisotopic (exact) mass is 360 g/mol. The van der Waals surface area contributed by atoms with E-state index in [1.165, 1.54) is 0 Å². The highest BCUT2D eigenvalue weighted by atomic mass is 35.5. The first-order valence-corrected chi connectivity index (χ1v) is 8.59. The zero-order valence-corrected chi connectivity index (χ0v) is 14.4. The fourth-order valence-electron chi connectivity index (χ4n) is 3.37. The first-order chi connectivity index (χ1) is 12.7. The summed E-state index contributed by atoms with van der Waals surface area (Å²) in [6, 6.07) is 17.1. The molecular weight excluding hydrogens is 348 g/mol. The Morgan fingerprint density at radius 3 is 2.73 bits per heavy atom. The lowest BCUT2D eigenvalue weighted by Gasteiger charge is -2.08. The molecule has 0 N–H and O–H groups in total. The number of carbonyl (C=O) groups excluding carboxylic acids is 1. The van der Waals surface area contributed by atoms with Gasteiger partial charge in [0.15, 0.2) is 0 Å². The predicted octanol–water partition coefficient (Wildman–Crippen LogP) is 4.13. The lowest BCUT2D eigenvalue weighted by atomic mass is 10.1. The van der Waals surface area contributed by atoms with E-state index < -0.39 is 0 Å². The summed E-state index contributed by atoms with van der Waals surface area (Å²) < 4.78 is 3.80. The summed E-state index contributed by atoms with van der Waals surface area (Å²) in [4.78, 5) is 13.1. The molecule has 0 aliphatic carbocycles. The zero-order chi connectivity index (χ0) is 17.7. The van der Waals surface area contributed by atoms with Crippen LogP contribution in [0.2, 0.25) is 5.02 Å². The van der Waals surface area contributed by atoms with Crippen molar-refractivity contribution in [2.24, 2.45) is 0 Å². The average molecular weight is 361 g/mol. The van der Waals surface area contributed by atoms with Crippen LogP contribution in [-0.4, -0.2) is 25.3 Å². The van der Waals surface area contributed by atoms with Crippen molar-refractivity contribution in [3.8, 4) is 0 Å². The molecule has 126 valence electrons. The SMILES string of the molecule is O=C(C1=Cc2cc3ccccc3n2Cc2cnnn21)c1ccc(Cl)cc1. The van der Waals surface area contributed by atoms with Gasteiger partial charge in [-0.2, -0.15) is 0 Å². The van der Waals surface area contributed by atoms with Crippen molar-refractivity contribution in [1.82, 2.24) is 19.6 Å². The largest absolute Gasteiger partial charge is 0.335 e. The summed E-state index contributed by atoms with van der Waals surface area (Å²) in [6.45, 7) is 0.601. The molecule has 2 aromatic heterocycles. The van der Waals surface area contributed by atoms with Crippen molar-refractivity contribution < 1.29 is 4.79 Å². The van der Waals surface area contributed by atoms with Gasteiger partial charge in [-0.05, 0) is 42.5 Å². The number of halogens is 1. The van der Waals surface area contributed by atoms with Crippen LogP contribution in [0.5, 0.6) is 0 Å². The van der Waals surface area contributed by atoms with E-state index in [-0.39, 0.29) is 5.78 Å². The third-order valence-electron chi connectivity index (χ3n) is 4.63. The van der Waals surface area contributed by atoms with E-state index in [9.17, 15) is 4.79 Å². The number of ketones is 1. The number of allylic oxidation sites excluding steroid dienone is 1. The highest BCUT2D eigenvalue weighted by Crippen LogP contribution is 2.28. The molecule has 0 saturated heterocycles. The molecule has 5 nitrogen and oxygen atoms in total. The normalized spacial score (nSPS) is 13.0. The van der Waals surface area contributed by atoms with Crippen molar-refractivity contribution in [1.29, 1.82) is 0 Å². The number of fused-ring (bicyclic) bond motifs is 4. The van der Waals surface area contributed by atoms with Crippen LogP contribution < -0.4 is 0 Å². The summed E-state index contributed by atoms with van der Waals surface area (Å²) in [5.74, 6) is -0.118. The highest BCUT2D eigenvalue weighted by molar-refractivity contribution is 6.31. The molecule has 0 bridgehead atoms. The van der Waals surface area contributed by atoms with Gasteiger partial charge in [-0.15, -0.1) is 5.10 Å². The summed E-state index contributed by atoms with van der Waals surface area (Å²) in [6.07, 6.45) is 3.58. The van der Waals surface area contributed by atoms with Crippen molar-refractivity contribution in [2.45, 2.75) is 6.54 Å². The molecule has 0 amide bonds. The molecule has 0 atom stereocenters. The minimum Gasteiger partial charge on any atom is -0.335 e. The molecule has 0 saturated carbocycles. The molecule has 26 heavy (non-hydrogen) atoms. The molecule has 2 aromatic carbocycles. The van der Waals surface area contributed by atoms with Crippen LogP contribution in [0.3, 0.4) is 0 Å². The Balaban J connectivity index is 1.72. The first-order valence-electron chi connectivity index (χ1n) is 8.21. The van der Waals surface area contributed by atoms with Gasteiger partial charge in [-0.1, -0.05) is 35.0 Å². The fraction of sp³-hybridized carbons (Fsp3) is 0.0500. The summed E-state index contributed by atoms with van der Waals surface area (Å²) in [7, 11) is 0. The number of Topliss-reactive ketones (excluding diaryl/α,β-unsaturated/α-hetero) is 1. The minimum atomic E-state index is -0.118. The molecule has 0 fully saturated rings. The predicted molar refractivity (Wildman–Crippen MR) is 101 cm³/mol. The quantitative estimate of drug-likeness (QED) is 0.505. The van der Waals surface area contributed by atoms with Gasteiger partial charge in [0.1, 0.15) is 5.70 Å². The molecule has 6 heteroatoms. The van der Waals surface area contributed by atoms with Gasteiger partial charge < -0.3 is 4.57 Å². The lowest BCUT2D eigenvalue weighted by Crippen LogP contribution is -2.12. The second kappa shape index (κ2) is 5.68. The fourth-order valence-corrected chi connectivity index (χ4v) is 3.49. The standard InChI is InChI=1S/C20H13ClN4O/c21-15-7-5-13(6-8-15)20(26)19-10-16-9-14-3-1-2-4-18(14)24(16)12-17-11-22-23-25(17)19/h1-11H,12H2. The zero-order valence-electron chi connectivity index (χ0n) is 13.6. The number of carbonyl (C=O) groups is 1. The second-order valence-corrected chi connectivity index (χ2v) is 6.65. The van der Waals surface area contributed by atoms with Crippen LogP contribution in [0.15, 0.2) is 60.8 Å². The van der Waals surface area contributed by atoms with Crippen LogP contribution >= 0.6 is 11.6 Å². The van der Waals surface area contributed by atoms with Crippen molar-refractivity contribution in [3.63, 3.8) is 0 Å². The maximum Gasteiger partial charge on any atom is 0.211 e. The van der Waals surface area contributed by atoms with E-state index in [2.05, 4.69) is 33.1 Å². The Morgan fingerprint density at radius 2 is 1.88 bits per heavy atom. The number of para-hydroxylation sites is 1. The topological polar surface area (TPSA) is 52.7 Å². The number of hydrogen-bond acceptors (Lipinski definition) is 3. The summed E-state index contributed by atoms with van der Waals surface area (Å²) in [5, 5.41) is 9.88. The van der Waals surface area contributed by atoms with Crippen LogP contribution in [-0.2, 0) is 6.54 Å². The van der Waals surface area contributed by atoms with Crippen LogP contribution in [0.25, 0.3) is 22.7 Å². The number of hydrogen-bond donors (Lipinski definition) is 0. The Kier molecular flexibility index (Phi) is 3.30. The van der Waals surface area contributed by atoms with Gasteiger partial charge in [-0.3, -0.25) is 4.79 Å². The molecule has 0 unspecified atom stereocenters. The maximum atomic E-state index is 13.1. The molecule has 4 aromatic rings. The molecule has 3 heterocycles. The Hall–Kier alpha value is -3.18. The third kappa shape index (κ3) is 2.29. The van der Waals surface area contributed by atoms with Gasteiger partial charge in [0.05, 0.1) is 18.4 Å². The summed E-state index contributed by atoms with van der Waals surface area (Å²) >= 11 is 5.95. The number of rotatable bonds is 2. The Labute approximate surface area is 154 Å². The van der Waals surface area contributed by atoms with E-state index in [1.807, 2.05) is 18.2 Å². The first kappa shape index (κ1) is 15.1. The lowest BCUT2D eigenvalue weighted by molar-refractivity contribution is 0.105. The van der Waals surface area contributed by atoms with Gasteiger partial charge >= 0.3 is 0 Å².